The van der Waals surface area contributed by atoms with Gasteiger partial charge in [-0.25, -0.2) is 9.97 Å². The van der Waals surface area contributed by atoms with Gasteiger partial charge in [-0.1, -0.05) is 48.9 Å². The number of anilines is 1. The summed E-state index contributed by atoms with van der Waals surface area (Å²) in [6, 6.07) is 21.0. The first-order valence-electron chi connectivity index (χ1n) is 14.2. The fraction of sp³-hybridized carbons (Fsp3) is 0.171. The molecule has 220 valence electrons. The summed E-state index contributed by atoms with van der Waals surface area (Å²) in [4.78, 5) is 23.9. The number of carbonyl (C=O) groups excluding carboxylic acids is 1. The number of amides is 1. The molecular weight excluding hydrogens is 594 g/mol. The molecule has 0 aliphatic heterocycles. The van der Waals surface area contributed by atoms with Crippen LogP contribution in [0.25, 0.3) is 45.0 Å². The van der Waals surface area contributed by atoms with Gasteiger partial charge in [-0.3, -0.25) is 10.1 Å². The molecule has 7 rings (SSSR count). The first kappa shape index (κ1) is 28.1. The number of para-hydroxylation sites is 2. The quantitative estimate of drug-likeness (QED) is 0.200. The lowest BCUT2D eigenvalue weighted by Crippen LogP contribution is -2.21. The highest BCUT2D eigenvalue weighted by Gasteiger charge is 2.29. The van der Waals surface area contributed by atoms with Gasteiger partial charge in [0.2, 0.25) is 0 Å². The highest BCUT2D eigenvalue weighted by atomic mass is 35.5. The van der Waals surface area contributed by atoms with Crippen LogP contribution in [0.4, 0.5) is 5.13 Å². The van der Waals surface area contributed by atoms with Gasteiger partial charge >= 0.3 is 0 Å². The van der Waals surface area contributed by atoms with E-state index in [1.807, 2.05) is 66.0 Å². The molecule has 1 aliphatic rings. The highest BCUT2D eigenvalue weighted by Crippen LogP contribution is 2.41. The van der Waals surface area contributed by atoms with Crippen LogP contribution in [0.1, 0.15) is 40.5 Å². The molecule has 0 saturated heterocycles. The molecule has 0 bridgehead atoms. The van der Waals surface area contributed by atoms with Crippen molar-refractivity contribution in [2.45, 2.75) is 19.8 Å². The van der Waals surface area contributed by atoms with Crippen molar-refractivity contribution in [2.75, 3.05) is 19.5 Å². The zero-order valence-electron chi connectivity index (χ0n) is 24.3. The number of benzene rings is 3. The van der Waals surface area contributed by atoms with E-state index in [4.69, 9.17) is 30.5 Å². The van der Waals surface area contributed by atoms with Gasteiger partial charge in [0, 0.05) is 26.7 Å². The highest BCUT2D eigenvalue weighted by molar-refractivity contribution is 7.14. The topological polar surface area (TPSA) is 86.5 Å². The number of nitrogens with zero attached hydrogens (tertiary/aromatic N) is 2. The summed E-state index contributed by atoms with van der Waals surface area (Å²) < 4.78 is 17.2. The first-order chi connectivity index (χ1) is 21.4. The molecule has 1 aliphatic carbocycles. The minimum atomic E-state index is -0.218. The van der Waals surface area contributed by atoms with E-state index in [9.17, 15) is 4.79 Å². The Bertz CT molecular complexity index is 2100. The Morgan fingerprint density at radius 2 is 1.91 bits per heavy atom. The van der Waals surface area contributed by atoms with Crippen molar-refractivity contribution >= 4 is 67.5 Å². The van der Waals surface area contributed by atoms with Crippen LogP contribution in [0.15, 0.2) is 76.5 Å². The van der Waals surface area contributed by atoms with E-state index in [1.54, 1.807) is 20.3 Å². The molecule has 0 saturated carbocycles. The van der Waals surface area contributed by atoms with Crippen molar-refractivity contribution in [3.05, 3.63) is 99.5 Å². The minimum Gasteiger partial charge on any atom is -0.493 e. The van der Waals surface area contributed by atoms with Gasteiger partial charge in [-0.2, -0.15) is 0 Å². The fourth-order valence-electron chi connectivity index (χ4n) is 5.95. The van der Waals surface area contributed by atoms with Crippen LogP contribution in [0, 0.1) is 5.92 Å². The van der Waals surface area contributed by atoms with Crippen LogP contribution >= 0.6 is 22.9 Å². The summed E-state index contributed by atoms with van der Waals surface area (Å²) in [7, 11) is 3.27. The third kappa shape index (κ3) is 5.10. The number of halogens is 1. The third-order valence-corrected chi connectivity index (χ3v) is 8.86. The summed E-state index contributed by atoms with van der Waals surface area (Å²) >= 11 is 7.50. The van der Waals surface area contributed by atoms with Crippen LogP contribution in [0.2, 0.25) is 5.02 Å². The Balaban J connectivity index is 1.29. The summed E-state index contributed by atoms with van der Waals surface area (Å²) in [5, 5.41) is 7.77. The Labute approximate surface area is 263 Å². The zero-order chi connectivity index (χ0) is 30.4. The van der Waals surface area contributed by atoms with Crippen LogP contribution < -0.4 is 14.8 Å². The number of nitrogens with one attached hydrogen (secondary N) is 1. The van der Waals surface area contributed by atoms with Crippen LogP contribution in [-0.4, -0.2) is 30.1 Å². The maximum Gasteiger partial charge on any atom is 0.258 e. The van der Waals surface area contributed by atoms with Gasteiger partial charge in [0.1, 0.15) is 11.3 Å². The standard InChI is InChI=1S/C35H28ClN3O4S/c1-19-13-22(15-20-7-6-10-29(41-2)33(20)42-3)32-25(14-19)31(24-8-4-5-9-26(24)37-32)34(40)39-35-38-27(18-44-35)30-17-21-16-23(36)11-12-28(21)43-30/h4-12,15-19H,13-14H2,1-3H3,(H,38,39,40)/b22-15+. The van der Waals surface area contributed by atoms with Crippen molar-refractivity contribution in [1.29, 1.82) is 0 Å². The molecule has 3 aromatic heterocycles. The molecule has 6 aromatic rings. The van der Waals surface area contributed by atoms with E-state index in [-0.39, 0.29) is 5.91 Å². The molecule has 1 unspecified atom stereocenters. The van der Waals surface area contributed by atoms with Crippen molar-refractivity contribution in [2.24, 2.45) is 5.92 Å². The van der Waals surface area contributed by atoms with Crippen LogP contribution in [0.3, 0.4) is 0 Å². The molecular formula is C35H28ClN3O4S. The number of hydrogen-bond donors (Lipinski definition) is 1. The number of thiazole rings is 1. The van der Waals surface area contributed by atoms with E-state index >= 15 is 0 Å². The van der Waals surface area contributed by atoms with Crippen LogP contribution in [0.5, 0.6) is 11.5 Å². The minimum absolute atomic E-state index is 0.218. The molecule has 44 heavy (non-hydrogen) atoms. The summed E-state index contributed by atoms with van der Waals surface area (Å²) in [6.07, 6.45) is 3.65. The molecule has 1 atom stereocenters. The lowest BCUT2D eigenvalue weighted by molar-refractivity contribution is 0.102. The largest absolute Gasteiger partial charge is 0.493 e. The predicted octanol–water partition coefficient (Wildman–Crippen LogP) is 9.15. The molecule has 9 heteroatoms. The normalized spacial score (nSPS) is 15.5. The SMILES string of the molecule is COc1cccc(/C=C2\CC(C)Cc3c2nc2ccccc2c3C(=O)Nc2nc(-c3cc4cc(Cl)ccc4o3)cs2)c1OC. The van der Waals surface area contributed by atoms with Crippen molar-refractivity contribution < 1.29 is 18.7 Å². The first-order valence-corrected chi connectivity index (χ1v) is 15.5. The molecule has 0 spiro atoms. The maximum atomic E-state index is 14.1. The number of furan rings is 1. The predicted molar refractivity (Wildman–Crippen MR) is 177 cm³/mol. The molecule has 7 nitrogen and oxygen atoms in total. The van der Waals surface area contributed by atoms with Gasteiger partial charge < -0.3 is 13.9 Å². The average Bonchev–Trinajstić information content (AvgIpc) is 3.66. The van der Waals surface area contributed by atoms with E-state index in [1.165, 1.54) is 11.3 Å². The van der Waals surface area contributed by atoms with Gasteiger partial charge in [0.05, 0.1) is 31.0 Å². The number of rotatable bonds is 6. The Morgan fingerprint density at radius 3 is 2.75 bits per heavy atom. The van der Waals surface area contributed by atoms with Gasteiger partial charge in [0.15, 0.2) is 22.4 Å². The lowest BCUT2D eigenvalue weighted by Gasteiger charge is -2.27. The zero-order valence-corrected chi connectivity index (χ0v) is 25.9. The van der Waals surface area contributed by atoms with Crippen LogP contribution in [-0.2, 0) is 6.42 Å². The summed E-state index contributed by atoms with van der Waals surface area (Å²) in [5.74, 6) is 2.01. The molecule has 3 aromatic carbocycles. The number of hydrogen-bond acceptors (Lipinski definition) is 7. The number of carbonyl (C=O) groups is 1. The maximum absolute atomic E-state index is 14.1. The molecule has 0 fully saturated rings. The van der Waals surface area contributed by atoms with Crippen molar-refractivity contribution in [3.8, 4) is 23.0 Å². The molecule has 1 amide bonds. The van der Waals surface area contributed by atoms with Crippen molar-refractivity contribution in [1.82, 2.24) is 9.97 Å². The Hall–Kier alpha value is -4.66. The van der Waals surface area contributed by atoms with Crippen molar-refractivity contribution in [3.63, 3.8) is 0 Å². The second-order valence-electron chi connectivity index (χ2n) is 10.9. The summed E-state index contributed by atoms with van der Waals surface area (Å²) in [6.45, 7) is 2.20. The number of fused-ring (bicyclic) bond motifs is 3. The van der Waals surface area contributed by atoms with Gasteiger partial charge in [0.25, 0.3) is 5.91 Å². The number of aromatic nitrogens is 2. The number of ether oxygens (including phenoxy) is 2. The third-order valence-electron chi connectivity index (χ3n) is 7.86. The summed E-state index contributed by atoms with van der Waals surface area (Å²) in [5.41, 5.74) is 6.45. The molecule has 0 radical (unpaired) electrons. The van der Waals surface area contributed by atoms with Gasteiger partial charge in [-0.15, -0.1) is 11.3 Å². The van der Waals surface area contributed by atoms with E-state index < -0.39 is 0 Å². The fourth-order valence-corrected chi connectivity index (χ4v) is 6.83. The van der Waals surface area contributed by atoms with E-state index in [0.717, 1.165) is 57.1 Å². The van der Waals surface area contributed by atoms with E-state index in [0.29, 0.717) is 44.6 Å². The smallest absolute Gasteiger partial charge is 0.258 e. The second kappa shape index (κ2) is 11.4. The van der Waals surface area contributed by atoms with Gasteiger partial charge in [-0.05, 0) is 72.4 Å². The number of methoxy groups -OCH3 is 2. The molecule has 3 heterocycles. The Morgan fingerprint density at radius 1 is 1.05 bits per heavy atom. The second-order valence-corrected chi connectivity index (χ2v) is 12.2. The Kier molecular flexibility index (Phi) is 7.32. The number of allylic oxidation sites excluding steroid dienone is 1. The number of pyridine rings is 1. The van der Waals surface area contributed by atoms with E-state index in [2.05, 4.69) is 23.3 Å². The monoisotopic (exact) mass is 621 g/mol. The average molecular weight is 622 g/mol. The lowest BCUT2D eigenvalue weighted by atomic mass is 9.80. The molecule has 1 N–H and O–H groups in total.